The smallest absolute Gasteiger partial charge is 0.416 e. The van der Waals surface area contributed by atoms with Crippen LogP contribution in [0.2, 0.25) is 5.02 Å². The van der Waals surface area contributed by atoms with Crippen LogP contribution in [-0.4, -0.2) is 5.78 Å². The minimum absolute atomic E-state index is 0.0202. The van der Waals surface area contributed by atoms with Crippen molar-refractivity contribution in [1.82, 2.24) is 0 Å². The fourth-order valence-electron chi connectivity index (χ4n) is 2.68. The predicted octanol–water partition coefficient (Wildman–Crippen LogP) is 6.36. The van der Waals surface area contributed by atoms with Crippen LogP contribution in [0.15, 0.2) is 72.8 Å². The van der Waals surface area contributed by atoms with Crippen molar-refractivity contribution in [3.8, 4) is 5.75 Å². The van der Waals surface area contributed by atoms with Gasteiger partial charge in [0.25, 0.3) is 0 Å². The molecule has 0 amide bonds. The van der Waals surface area contributed by atoms with Gasteiger partial charge in [-0.3, -0.25) is 4.79 Å². The molecule has 3 rings (SSSR count). The second-order valence-electron chi connectivity index (χ2n) is 6.21. The molecule has 2 nitrogen and oxygen atoms in total. The highest BCUT2D eigenvalue weighted by Gasteiger charge is 2.30. The van der Waals surface area contributed by atoms with Gasteiger partial charge in [0.05, 0.1) is 5.56 Å². The average molecular weight is 405 g/mol. The third kappa shape index (κ3) is 5.14. The summed E-state index contributed by atoms with van der Waals surface area (Å²) in [4.78, 5) is 12.4. The van der Waals surface area contributed by atoms with Crippen molar-refractivity contribution in [2.75, 3.05) is 0 Å². The molecule has 0 saturated heterocycles. The van der Waals surface area contributed by atoms with E-state index in [1.807, 2.05) is 30.3 Å². The monoisotopic (exact) mass is 404 g/mol. The number of benzene rings is 3. The van der Waals surface area contributed by atoms with Crippen molar-refractivity contribution in [3.63, 3.8) is 0 Å². The molecular formula is C22H16ClF3O2. The van der Waals surface area contributed by atoms with Crippen molar-refractivity contribution < 1.29 is 22.7 Å². The van der Waals surface area contributed by atoms with E-state index < -0.39 is 17.5 Å². The van der Waals surface area contributed by atoms with Crippen LogP contribution in [0.4, 0.5) is 13.2 Å². The van der Waals surface area contributed by atoms with E-state index in [0.717, 1.165) is 12.1 Å². The summed E-state index contributed by atoms with van der Waals surface area (Å²) in [6.45, 7) is 0.217. The predicted molar refractivity (Wildman–Crippen MR) is 102 cm³/mol. The van der Waals surface area contributed by atoms with Crippen LogP contribution >= 0.6 is 11.6 Å². The Morgan fingerprint density at radius 3 is 2.39 bits per heavy atom. The van der Waals surface area contributed by atoms with Gasteiger partial charge in [0, 0.05) is 22.6 Å². The van der Waals surface area contributed by atoms with Gasteiger partial charge in [-0.15, -0.1) is 0 Å². The molecule has 6 heteroatoms. The van der Waals surface area contributed by atoms with Crippen LogP contribution in [-0.2, 0) is 19.2 Å². The Labute approximate surface area is 165 Å². The maximum absolute atomic E-state index is 12.8. The number of rotatable bonds is 6. The van der Waals surface area contributed by atoms with Gasteiger partial charge in [-0.25, -0.2) is 0 Å². The lowest BCUT2D eigenvalue weighted by Gasteiger charge is -2.11. The van der Waals surface area contributed by atoms with Crippen LogP contribution in [0.3, 0.4) is 0 Å². The summed E-state index contributed by atoms with van der Waals surface area (Å²) in [6, 6.07) is 18.7. The van der Waals surface area contributed by atoms with Gasteiger partial charge in [0.2, 0.25) is 0 Å². The quantitative estimate of drug-likeness (QED) is 0.446. The molecule has 0 bridgehead atoms. The summed E-state index contributed by atoms with van der Waals surface area (Å²) in [7, 11) is 0. The topological polar surface area (TPSA) is 26.3 Å². The fourth-order valence-corrected chi connectivity index (χ4v) is 2.85. The number of Topliss-reactive ketones (excluding diaryl/α,β-unsaturated/α-hetero) is 1. The van der Waals surface area contributed by atoms with Gasteiger partial charge in [-0.2, -0.15) is 13.2 Å². The van der Waals surface area contributed by atoms with Gasteiger partial charge in [-0.05, 0) is 35.9 Å². The summed E-state index contributed by atoms with van der Waals surface area (Å²) in [5.74, 6) is 0.285. The number of ketones is 1. The average Bonchev–Trinajstić information content (AvgIpc) is 2.68. The SMILES string of the molecule is O=C(Cc1ccc(Cl)c(COc2ccccc2)c1)c1cccc(C(F)(F)F)c1. The number of alkyl halides is 3. The molecule has 0 unspecified atom stereocenters. The Hall–Kier alpha value is -2.79. The molecule has 3 aromatic rings. The molecule has 0 aliphatic rings. The Morgan fingerprint density at radius 1 is 0.929 bits per heavy atom. The molecule has 0 radical (unpaired) electrons. The normalized spacial score (nSPS) is 11.3. The number of hydrogen-bond acceptors (Lipinski definition) is 2. The van der Waals surface area contributed by atoms with Crippen molar-refractivity contribution in [1.29, 1.82) is 0 Å². The molecule has 0 atom stereocenters. The first kappa shape index (κ1) is 20.0. The molecule has 0 N–H and O–H groups in total. The lowest BCUT2D eigenvalue weighted by atomic mass is 10.00. The van der Waals surface area contributed by atoms with Gasteiger partial charge in [0.15, 0.2) is 5.78 Å². The highest BCUT2D eigenvalue weighted by atomic mass is 35.5. The Kier molecular flexibility index (Phi) is 6.05. The van der Waals surface area contributed by atoms with Crippen molar-refractivity contribution in [2.45, 2.75) is 19.2 Å². The van der Waals surface area contributed by atoms with Crippen molar-refractivity contribution in [2.24, 2.45) is 0 Å². The van der Waals surface area contributed by atoms with Crippen LogP contribution in [0, 0.1) is 0 Å². The van der Waals surface area contributed by atoms with E-state index in [1.165, 1.54) is 12.1 Å². The summed E-state index contributed by atoms with van der Waals surface area (Å²) in [5.41, 5.74) is 0.525. The van der Waals surface area contributed by atoms with Crippen molar-refractivity contribution in [3.05, 3.63) is 100 Å². The maximum atomic E-state index is 12.8. The van der Waals surface area contributed by atoms with E-state index in [0.29, 0.717) is 21.9 Å². The van der Waals surface area contributed by atoms with Gasteiger partial charge in [0.1, 0.15) is 12.4 Å². The Bertz CT molecular complexity index is 969. The van der Waals surface area contributed by atoms with E-state index in [2.05, 4.69) is 0 Å². The van der Waals surface area contributed by atoms with Gasteiger partial charge >= 0.3 is 6.18 Å². The largest absolute Gasteiger partial charge is 0.489 e. The zero-order valence-corrected chi connectivity index (χ0v) is 15.4. The maximum Gasteiger partial charge on any atom is 0.416 e. The third-order valence-corrected chi connectivity index (χ3v) is 4.49. The first-order valence-corrected chi connectivity index (χ1v) is 8.86. The van der Waals surface area contributed by atoms with Gasteiger partial charge in [-0.1, -0.05) is 54.1 Å². The zero-order chi connectivity index (χ0) is 20.1. The zero-order valence-electron chi connectivity index (χ0n) is 14.7. The molecule has 0 aromatic heterocycles. The van der Waals surface area contributed by atoms with E-state index in [1.54, 1.807) is 18.2 Å². The van der Waals surface area contributed by atoms with Gasteiger partial charge < -0.3 is 4.74 Å². The minimum Gasteiger partial charge on any atom is -0.489 e. The molecule has 144 valence electrons. The highest BCUT2D eigenvalue weighted by molar-refractivity contribution is 6.31. The lowest BCUT2D eigenvalue weighted by Crippen LogP contribution is -2.09. The summed E-state index contributed by atoms with van der Waals surface area (Å²) < 4.78 is 44.2. The van der Waals surface area contributed by atoms with E-state index >= 15 is 0 Å². The Morgan fingerprint density at radius 2 is 1.68 bits per heavy atom. The molecular weight excluding hydrogens is 389 g/mol. The van der Waals surface area contributed by atoms with Crippen molar-refractivity contribution >= 4 is 17.4 Å². The second kappa shape index (κ2) is 8.48. The van der Waals surface area contributed by atoms with Crippen LogP contribution < -0.4 is 4.74 Å². The molecule has 28 heavy (non-hydrogen) atoms. The van der Waals surface area contributed by atoms with E-state index in [-0.39, 0.29) is 18.6 Å². The second-order valence-corrected chi connectivity index (χ2v) is 6.61. The number of hydrogen-bond donors (Lipinski definition) is 0. The van der Waals surface area contributed by atoms with Crippen LogP contribution in [0.5, 0.6) is 5.75 Å². The fraction of sp³-hybridized carbons (Fsp3) is 0.136. The number of carbonyl (C=O) groups excluding carboxylic acids is 1. The number of carbonyl (C=O) groups is 1. The third-order valence-electron chi connectivity index (χ3n) is 4.12. The summed E-state index contributed by atoms with van der Waals surface area (Å²) >= 11 is 6.20. The molecule has 0 aliphatic carbocycles. The molecule has 0 fully saturated rings. The summed E-state index contributed by atoms with van der Waals surface area (Å²) in [5, 5.41) is 0.492. The molecule has 0 saturated carbocycles. The number of ether oxygens (including phenoxy) is 1. The number of para-hydroxylation sites is 1. The first-order chi connectivity index (χ1) is 13.3. The Balaban J connectivity index is 1.73. The van der Waals surface area contributed by atoms with E-state index in [4.69, 9.17) is 16.3 Å². The standard InChI is InChI=1S/C22H16ClF3O2/c23-20-10-9-15(11-17(20)14-28-19-7-2-1-3-8-19)12-21(27)16-5-4-6-18(13-16)22(24,25)26/h1-11,13H,12,14H2. The van der Waals surface area contributed by atoms with Crippen LogP contribution in [0.1, 0.15) is 27.0 Å². The molecule has 0 spiro atoms. The lowest BCUT2D eigenvalue weighted by molar-refractivity contribution is -0.137. The minimum atomic E-state index is -4.49. The van der Waals surface area contributed by atoms with E-state index in [9.17, 15) is 18.0 Å². The molecule has 0 heterocycles. The first-order valence-electron chi connectivity index (χ1n) is 8.48. The highest BCUT2D eigenvalue weighted by Crippen LogP contribution is 2.30. The molecule has 0 aliphatic heterocycles. The number of halogens is 4. The molecule has 3 aromatic carbocycles. The summed E-state index contributed by atoms with van der Waals surface area (Å²) in [6.07, 6.45) is -4.52. The van der Waals surface area contributed by atoms with Crippen LogP contribution in [0.25, 0.3) is 0 Å².